The number of hydrogen-bond acceptors (Lipinski definition) is 6. The second-order valence-electron chi connectivity index (χ2n) is 6.58. The highest BCUT2D eigenvalue weighted by atomic mass is 32.1. The average molecular weight is 382 g/mol. The summed E-state index contributed by atoms with van der Waals surface area (Å²) >= 11 is 3.61. The van der Waals surface area contributed by atoms with Gasteiger partial charge in [-0.15, -0.1) is 11.3 Å². The fraction of sp³-hybridized carbons (Fsp3) is 0.300. The van der Waals surface area contributed by atoms with Crippen LogP contribution in [0, 0.1) is 0 Å². The molecule has 1 fully saturated rings. The summed E-state index contributed by atoms with van der Waals surface area (Å²) in [5, 5.41) is 2.39. The lowest BCUT2D eigenvalue weighted by Gasteiger charge is -2.30. The van der Waals surface area contributed by atoms with Crippen molar-refractivity contribution in [2.45, 2.75) is 18.8 Å². The summed E-state index contributed by atoms with van der Waals surface area (Å²) in [5.74, 6) is 1.42. The molecule has 2 aromatic carbocycles. The molecule has 6 heteroatoms. The van der Waals surface area contributed by atoms with Crippen molar-refractivity contribution < 1.29 is 4.74 Å². The molecule has 0 bridgehead atoms. The lowest BCUT2D eigenvalue weighted by molar-refractivity contribution is 0.419. The van der Waals surface area contributed by atoms with Crippen LogP contribution in [0.3, 0.4) is 0 Å². The van der Waals surface area contributed by atoms with E-state index in [9.17, 15) is 0 Å². The Kier molecular flexibility index (Phi) is 4.02. The molecule has 4 aromatic rings. The molecule has 0 amide bonds. The number of anilines is 1. The van der Waals surface area contributed by atoms with Crippen molar-refractivity contribution in [1.82, 2.24) is 9.97 Å². The van der Waals surface area contributed by atoms with E-state index in [4.69, 9.17) is 14.7 Å². The van der Waals surface area contributed by atoms with Crippen LogP contribution >= 0.6 is 22.7 Å². The highest BCUT2D eigenvalue weighted by Crippen LogP contribution is 2.38. The predicted octanol–water partition coefficient (Wildman–Crippen LogP) is 5.30. The van der Waals surface area contributed by atoms with Gasteiger partial charge in [0.05, 0.1) is 27.0 Å². The van der Waals surface area contributed by atoms with Gasteiger partial charge in [0.1, 0.15) is 11.3 Å². The van der Waals surface area contributed by atoms with E-state index in [0.717, 1.165) is 47.8 Å². The van der Waals surface area contributed by atoms with Gasteiger partial charge in [0.15, 0.2) is 5.13 Å². The number of thiazole rings is 2. The molecule has 26 heavy (non-hydrogen) atoms. The maximum absolute atomic E-state index is 5.45. The Labute approximate surface area is 160 Å². The zero-order chi connectivity index (χ0) is 17.5. The first-order valence-electron chi connectivity index (χ1n) is 8.86. The number of fused-ring (bicyclic) bond motifs is 2. The second kappa shape index (κ2) is 6.52. The van der Waals surface area contributed by atoms with Gasteiger partial charge in [-0.3, -0.25) is 0 Å². The van der Waals surface area contributed by atoms with Gasteiger partial charge in [-0.05, 0) is 37.1 Å². The first-order valence-corrected chi connectivity index (χ1v) is 10.5. The lowest BCUT2D eigenvalue weighted by Crippen LogP contribution is -2.32. The molecule has 1 aliphatic heterocycles. The summed E-state index contributed by atoms with van der Waals surface area (Å²) in [4.78, 5) is 12.1. The Morgan fingerprint density at radius 2 is 1.77 bits per heavy atom. The Balaban J connectivity index is 1.35. The molecule has 1 aliphatic rings. The predicted molar refractivity (Wildman–Crippen MR) is 110 cm³/mol. The number of nitrogens with zero attached hydrogens (tertiary/aromatic N) is 3. The van der Waals surface area contributed by atoms with Gasteiger partial charge >= 0.3 is 0 Å². The molecular weight excluding hydrogens is 362 g/mol. The molecule has 0 N–H and O–H groups in total. The van der Waals surface area contributed by atoms with Crippen LogP contribution in [0.25, 0.3) is 20.4 Å². The zero-order valence-corrected chi connectivity index (χ0v) is 16.1. The summed E-state index contributed by atoms with van der Waals surface area (Å²) in [7, 11) is 1.71. The monoisotopic (exact) mass is 381 g/mol. The Morgan fingerprint density at radius 3 is 2.58 bits per heavy atom. The summed E-state index contributed by atoms with van der Waals surface area (Å²) in [5.41, 5.74) is 2.11. The van der Waals surface area contributed by atoms with E-state index in [-0.39, 0.29) is 0 Å². The topological polar surface area (TPSA) is 38.2 Å². The smallest absolute Gasteiger partial charge is 0.186 e. The van der Waals surface area contributed by atoms with E-state index in [1.807, 2.05) is 23.5 Å². The first-order chi connectivity index (χ1) is 12.8. The third kappa shape index (κ3) is 2.73. The SMILES string of the molecule is COc1cccc2sc(N3CCC(c4nc5ccccc5s4)CC3)nc12. The van der Waals surface area contributed by atoms with Crippen molar-refractivity contribution >= 4 is 48.2 Å². The van der Waals surface area contributed by atoms with Crippen molar-refractivity contribution in [2.24, 2.45) is 0 Å². The minimum atomic E-state index is 0.563. The summed E-state index contributed by atoms with van der Waals surface area (Å²) in [6.07, 6.45) is 2.26. The Morgan fingerprint density at radius 1 is 0.962 bits per heavy atom. The summed E-state index contributed by atoms with van der Waals surface area (Å²) in [6.45, 7) is 2.06. The zero-order valence-electron chi connectivity index (χ0n) is 14.5. The summed E-state index contributed by atoms with van der Waals surface area (Å²) in [6, 6.07) is 14.6. The Hall–Kier alpha value is -2.18. The molecular formula is C20H19N3OS2. The number of methoxy groups -OCH3 is 1. The van der Waals surface area contributed by atoms with Crippen LogP contribution in [0.15, 0.2) is 42.5 Å². The van der Waals surface area contributed by atoms with Crippen molar-refractivity contribution in [3.63, 3.8) is 0 Å². The molecule has 0 saturated carbocycles. The van der Waals surface area contributed by atoms with Gasteiger partial charge in [0, 0.05) is 19.0 Å². The fourth-order valence-electron chi connectivity index (χ4n) is 3.59. The van der Waals surface area contributed by atoms with Crippen LogP contribution in [0.5, 0.6) is 5.75 Å². The number of aromatic nitrogens is 2. The van der Waals surface area contributed by atoms with E-state index >= 15 is 0 Å². The van der Waals surface area contributed by atoms with Gasteiger partial charge in [0.2, 0.25) is 0 Å². The minimum absolute atomic E-state index is 0.563. The van der Waals surface area contributed by atoms with Crippen molar-refractivity contribution in [2.75, 3.05) is 25.1 Å². The molecule has 0 atom stereocenters. The number of benzene rings is 2. The third-order valence-electron chi connectivity index (χ3n) is 5.02. The van der Waals surface area contributed by atoms with Crippen LogP contribution in [0.4, 0.5) is 5.13 Å². The quantitative estimate of drug-likeness (QED) is 0.483. The number of ether oxygens (including phenoxy) is 1. The number of rotatable bonds is 3. The van der Waals surface area contributed by atoms with Crippen molar-refractivity contribution in [3.05, 3.63) is 47.5 Å². The number of piperidine rings is 1. The first kappa shape index (κ1) is 16.0. The van der Waals surface area contributed by atoms with Gasteiger partial charge in [-0.1, -0.05) is 29.5 Å². The van der Waals surface area contributed by atoms with Crippen LogP contribution in [0.1, 0.15) is 23.8 Å². The molecule has 132 valence electrons. The van der Waals surface area contributed by atoms with E-state index in [0.29, 0.717) is 5.92 Å². The van der Waals surface area contributed by atoms with E-state index in [1.54, 1.807) is 18.4 Å². The maximum atomic E-state index is 5.45. The summed E-state index contributed by atoms with van der Waals surface area (Å²) < 4.78 is 7.93. The largest absolute Gasteiger partial charge is 0.494 e. The highest BCUT2D eigenvalue weighted by molar-refractivity contribution is 7.22. The molecule has 2 aromatic heterocycles. The molecule has 0 radical (unpaired) electrons. The molecule has 0 unspecified atom stereocenters. The molecule has 5 rings (SSSR count). The molecule has 0 aliphatic carbocycles. The Bertz CT molecular complexity index is 1030. The standard InChI is InChI=1S/C20H19N3OS2/c1-24-15-6-4-8-17-18(15)22-20(26-17)23-11-9-13(10-12-23)19-21-14-5-2-3-7-16(14)25-19/h2-8,13H,9-12H2,1H3. The van der Waals surface area contributed by atoms with Crippen LogP contribution in [0.2, 0.25) is 0 Å². The molecule has 3 heterocycles. The fourth-order valence-corrected chi connectivity index (χ4v) is 5.77. The molecule has 0 spiro atoms. The van der Waals surface area contributed by atoms with Gasteiger partial charge < -0.3 is 9.64 Å². The average Bonchev–Trinajstić information content (AvgIpc) is 3.32. The van der Waals surface area contributed by atoms with E-state index < -0.39 is 0 Å². The highest BCUT2D eigenvalue weighted by Gasteiger charge is 2.25. The van der Waals surface area contributed by atoms with Crippen LogP contribution in [-0.2, 0) is 0 Å². The second-order valence-corrected chi connectivity index (χ2v) is 8.66. The normalized spacial score (nSPS) is 15.8. The van der Waals surface area contributed by atoms with Gasteiger partial charge in [0.25, 0.3) is 0 Å². The lowest BCUT2D eigenvalue weighted by atomic mass is 9.98. The molecule has 1 saturated heterocycles. The van der Waals surface area contributed by atoms with Gasteiger partial charge in [-0.2, -0.15) is 0 Å². The molecule has 4 nitrogen and oxygen atoms in total. The van der Waals surface area contributed by atoms with Crippen molar-refractivity contribution in [3.8, 4) is 5.75 Å². The van der Waals surface area contributed by atoms with E-state index in [2.05, 4.69) is 35.2 Å². The third-order valence-corrected chi connectivity index (χ3v) is 7.30. The van der Waals surface area contributed by atoms with E-state index in [1.165, 1.54) is 14.4 Å². The minimum Gasteiger partial charge on any atom is -0.494 e. The van der Waals surface area contributed by atoms with Crippen molar-refractivity contribution in [1.29, 1.82) is 0 Å². The van der Waals surface area contributed by atoms with Crippen LogP contribution < -0.4 is 9.64 Å². The maximum Gasteiger partial charge on any atom is 0.186 e. The van der Waals surface area contributed by atoms with Gasteiger partial charge in [-0.25, -0.2) is 9.97 Å². The number of hydrogen-bond donors (Lipinski definition) is 0. The number of para-hydroxylation sites is 2. The van der Waals surface area contributed by atoms with Crippen LogP contribution in [-0.4, -0.2) is 30.2 Å².